The molecule has 0 bridgehead atoms. The van der Waals surface area contributed by atoms with Gasteiger partial charge in [0.15, 0.2) is 5.58 Å². The minimum absolute atomic E-state index is 0.158. The molecule has 0 aliphatic heterocycles. The van der Waals surface area contributed by atoms with Crippen molar-refractivity contribution < 1.29 is 8.91 Å². The van der Waals surface area contributed by atoms with Crippen molar-refractivity contribution in [3.8, 4) is 0 Å². The molecule has 4 heteroatoms. The quantitative estimate of drug-likeness (QED) is 0.727. The Morgan fingerprint density at radius 1 is 1.54 bits per heavy atom. The van der Waals surface area contributed by atoms with E-state index in [1.54, 1.807) is 13.0 Å². The van der Waals surface area contributed by atoms with Gasteiger partial charge in [-0.2, -0.15) is 0 Å². The van der Waals surface area contributed by atoms with Gasteiger partial charge >= 0.3 is 0 Å². The first-order chi connectivity index (χ1) is 6.24. The molecule has 1 aromatic carbocycles. The van der Waals surface area contributed by atoms with E-state index in [0.29, 0.717) is 22.2 Å². The fraction of sp³-hybridized carbons (Fsp3) is 0.222. The zero-order valence-corrected chi connectivity index (χ0v) is 7.17. The second-order valence-electron chi connectivity index (χ2n) is 2.87. The third-order valence-electron chi connectivity index (χ3n) is 2.06. The van der Waals surface area contributed by atoms with Crippen LogP contribution in [0, 0.1) is 12.7 Å². The van der Waals surface area contributed by atoms with Crippen LogP contribution >= 0.6 is 0 Å². The predicted octanol–water partition coefficient (Wildman–Crippen LogP) is 1.73. The third kappa shape index (κ3) is 1.10. The van der Waals surface area contributed by atoms with Crippen LogP contribution in [0.1, 0.15) is 11.3 Å². The molecule has 3 nitrogen and oxygen atoms in total. The van der Waals surface area contributed by atoms with Crippen molar-refractivity contribution in [2.75, 3.05) is 0 Å². The lowest BCUT2D eigenvalue weighted by atomic mass is 10.1. The highest BCUT2D eigenvalue weighted by atomic mass is 19.1. The van der Waals surface area contributed by atoms with Crippen LogP contribution < -0.4 is 5.73 Å². The number of rotatable bonds is 1. The molecule has 0 aliphatic rings. The lowest BCUT2D eigenvalue weighted by Crippen LogP contribution is -2.00. The van der Waals surface area contributed by atoms with Crippen molar-refractivity contribution in [3.63, 3.8) is 0 Å². The SMILES string of the molecule is Cc1noc2ccc(F)c(CN)c12. The second-order valence-corrected chi connectivity index (χ2v) is 2.87. The largest absolute Gasteiger partial charge is 0.356 e. The van der Waals surface area contributed by atoms with Crippen molar-refractivity contribution >= 4 is 11.0 Å². The molecule has 0 atom stereocenters. The predicted molar refractivity (Wildman–Crippen MR) is 46.6 cm³/mol. The van der Waals surface area contributed by atoms with Crippen molar-refractivity contribution in [1.82, 2.24) is 5.16 Å². The average molecular weight is 180 g/mol. The van der Waals surface area contributed by atoms with E-state index in [9.17, 15) is 4.39 Å². The first-order valence-electron chi connectivity index (χ1n) is 3.97. The molecule has 0 saturated heterocycles. The molecule has 0 aliphatic carbocycles. The highest BCUT2D eigenvalue weighted by Gasteiger charge is 2.12. The van der Waals surface area contributed by atoms with E-state index in [1.807, 2.05) is 0 Å². The Bertz CT molecular complexity index is 450. The summed E-state index contributed by atoms with van der Waals surface area (Å²) in [6, 6.07) is 2.90. The van der Waals surface area contributed by atoms with Gasteiger partial charge in [0.2, 0.25) is 0 Å². The number of benzene rings is 1. The molecule has 2 N–H and O–H groups in total. The summed E-state index contributed by atoms with van der Waals surface area (Å²) in [5, 5.41) is 4.44. The lowest BCUT2D eigenvalue weighted by molar-refractivity contribution is 0.450. The molecule has 2 rings (SSSR count). The molecule has 68 valence electrons. The van der Waals surface area contributed by atoms with E-state index in [-0.39, 0.29) is 12.4 Å². The Morgan fingerprint density at radius 2 is 2.31 bits per heavy atom. The minimum Gasteiger partial charge on any atom is -0.356 e. The van der Waals surface area contributed by atoms with E-state index in [2.05, 4.69) is 5.16 Å². The number of nitrogens with zero attached hydrogens (tertiary/aromatic N) is 1. The molecule has 0 fully saturated rings. The highest BCUT2D eigenvalue weighted by molar-refractivity contribution is 5.83. The molecular weight excluding hydrogens is 171 g/mol. The van der Waals surface area contributed by atoms with Crippen molar-refractivity contribution in [2.45, 2.75) is 13.5 Å². The number of aromatic nitrogens is 1. The molecule has 13 heavy (non-hydrogen) atoms. The summed E-state index contributed by atoms with van der Waals surface area (Å²) in [5.74, 6) is -0.304. The maximum Gasteiger partial charge on any atom is 0.167 e. The van der Waals surface area contributed by atoms with Gasteiger partial charge in [0.25, 0.3) is 0 Å². The van der Waals surface area contributed by atoms with Crippen LogP contribution in [-0.2, 0) is 6.54 Å². The van der Waals surface area contributed by atoms with E-state index in [4.69, 9.17) is 10.3 Å². The minimum atomic E-state index is -0.304. The normalized spacial score (nSPS) is 11.0. The van der Waals surface area contributed by atoms with Gasteiger partial charge in [0.1, 0.15) is 5.82 Å². The summed E-state index contributed by atoms with van der Waals surface area (Å²) in [7, 11) is 0. The van der Waals surface area contributed by atoms with Gasteiger partial charge in [-0.1, -0.05) is 5.16 Å². The van der Waals surface area contributed by atoms with Crippen LogP contribution in [0.3, 0.4) is 0 Å². The van der Waals surface area contributed by atoms with Gasteiger partial charge in [0.05, 0.1) is 11.1 Å². The van der Waals surface area contributed by atoms with Gasteiger partial charge in [-0.05, 0) is 19.1 Å². The maximum absolute atomic E-state index is 13.2. The summed E-state index contributed by atoms with van der Waals surface area (Å²) in [6.07, 6.45) is 0. The van der Waals surface area contributed by atoms with Gasteiger partial charge in [-0.25, -0.2) is 4.39 Å². The molecule has 2 aromatic rings. The summed E-state index contributed by atoms with van der Waals surface area (Å²) >= 11 is 0. The lowest BCUT2D eigenvalue weighted by Gasteiger charge is -1.99. The highest BCUT2D eigenvalue weighted by Crippen LogP contribution is 2.24. The van der Waals surface area contributed by atoms with Crippen molar-refractivity contribution in [2.24, 2.45) is 5.73 Å². The number of aryl methyl sites for hydroxylation is 1. The summed E-state index contributed by atoms with van der Waals surface area (Å²) in [4.78, 5) is 0. The number of fused-ring (bicyclic) bond motifs is 1. The van der Waals surface area contributed by atoms with E-state index >= 15 is 0 Å². The van der Waals surface area contributed by atoms with Crippen molar-refractivity contribution in [1.29, 1.82) is 0 Å². The number of halogens is 1. The zero-order chi connectivity index (χ0) is 9.42. The second kappa shape index (κ2) is 2.81. The van der Waals surface area contributed by atoms with E-state index in [1.165, 1.54) is 6.07 Å². The van der Waals surface area contributed by atoms with E-state index < -0.39 is 0 Å². The Morgan fingerprint density at radius 3 is 3.00 bits per heavy atom. The van der Waals surface area contributed by atoms with Gasteiger partial charge in [0, 0.05) is 12.1 Å². The van der Waals surface area contributed by atoms with Crippen LogP contribution in [-0.4, -0.2) is 5.16 Å². The molecule has 0 unspecified atom stereocenters. The number of nitrogens with two attached hydrogens (primary N) is 1. The summed E-state index contributed by atoms with van der Waals surface area (Å²) in [6.45, 7) is 1.93. The molecule has 1 aromatic heterocycles. The van der Waals surface area contributed by atoms with Crippen LogP contribution in [0.5, 0.6) is 0 Å². The Balaban J connectivity index is 2.88. The van der Waals surface area contributed by atoms with Crippen molar-refractivity contribution in [3.05, 3.63) is 29.2 Å². The van der Waals surface area contributed by atoms with Crippen LogP contribution in [0.25, 0.3) is 11.0 Å². The topological polar surface area (TPSA) is 52.0 Å². The van der Waals surface area contributed by atoms with Crippen LogP contribution in [0.4, 0.5) is 4.39 Å². The molecule has 1 heterocycles. The van der Waals surface area contributed by atoms with Gasteiger partial charge < -0.3 is 10.3 Å². The third-order valence-corrected chi connectivity index (χ3v) is 2.06. The zero-order valence-electron chi connectivity index (χ0n) is 7.17. The van der Waals surface area contributed by atoms with E-state index in [0.717, 1.165) is 0 Å². The first-order valence-corrected chi connectivity index (χ1v) is 3.97. The smallest absolute Gasteiger partial charge is 0.167 e. The van der Waals surface area contributed by atoms with Crippen LogP contribution in [0.2, 0.25) is 0 Å². The van der Waals surface area contributed by atoms with Gasteiger partial charge in [-0.15, -0.1) is 0 Å². The summed E-state index contributed by atoms with van der Waals surface area (Å²) < 4.78 is 18.2. The van der Waals surface area contributed by atoms with Crippen LogP contribution in [0.15, 0.2) is 16.7 Å². The first kappa shape index (κ1) is 8.19. The number of hydrogen-bond acceptors (Lipinski definition) is 3. The Hall–Kier alpha value is -1.42. The standard InChI is InChI=1S/C9H9FN2O/c1-5-9-6(4-11)7(10)2-3-8(9)13-12-5/h2-3H,4,11H2,1H3. The Labute approximate surface area is 74.3 Å². The molecule has 0 radical (unpaired) electrons. The average Bonchev–Trinajstić information content (AvgIpc) is 2.49. The molecule has 0 saturated carbocycles. The molecule has 0 spiro atoms. The fourth-order valence-electron chi connectivity index (χ4n) is 1.44. The number of hydrogen-bond donors (Lipinski definition) is 1. The molecular formula is C9H9FN2O. The maximum atomic E-state index is 13.2. The molecule has 0 amide bonds. The van der Waals surface area contributed by atoms with Gasteiger partial charge in [-0.3, -0.25) is 0 Å². The fourth-order valence-corrected chi connectivity index (χ4v) is 1.44. The summed E-state index contributed by atoms with van der Waals surface area (Å²) in [5.41, 5.74) is 7.16. The monoisotopic (exact) mass is 180 g/mol. The Kier molecular flexibility index (Phi) is 1.77.